The third-order valence-corrected chi connectivity index (χ3v) is 6.30. The van der Waals surface area contributed by atoms with Crippen molar-refractivity contribution in [2.24, 2.45) is 5.92 Å². The molecule has 1 atom stereocenters. The van der Waals surface area contributed by atoms with Crippen LogP contribution in [0.15, 0.2) is 36.7 Å². The predicted octanol–water partition coefficient (Wildman–Crippen LogP) is 0.755. The second-order valence-electron chi connectivity index (χ2n) is 6.51. The van der Waals surface area contributed by atoms with Crippen LogP contribution in [0, 0.1) is 5.92 Å². The molecule has 2 N–H and O–H groups in total. The lowest BCUT2D eigenvalue weighted by molar-refractivity contribution is 0.238. The van der Waals surface area contributed by atoms with Crippen molar-refractivity contribution in [3.63, 3.8) is 0 Å². The summed E-state index contributed by atoms with van der Waals surface area (Å²) in [7, 11) is -2.92. The van der Waals surface area contributed by atoms with E-state index in [4.69, 9.17) is 0 Å². The summed E-state index contributed by atoms with van der Waals surface area (Å²) in [6.07, 6.45) is 3.12. The van der Waals surface area contributed by atoms with E-state index in [0.717, 1.165) is 13.0 Å². The Labute approximate surface area is 152 Å². The highest BCUT2D eigenvalue weighted by atomic mass is 32.2. The van der Waals surface area contributed by atoms with Gasteiger partial charge in [0.25, 0.3) is 0 Å². The van der Waals surface area contributed by atoms with Crippen molar-refractivity contribution in [1.82, 2.24) is 25.4 Å². The second-order valence-corrected chi connectivity index (χ2v) is 8.74. The zero-order valence-corrected chi connectivity index (χ0v) is 15.3. The maximum atomic E-state index is 11.9. The fraction of sp³-hybridized carbons (Fsp3) is 0.471. The summed E-state index contributed by atoms with van der Waals surface area (Å²) in [6.45, 7) is 1.37. The maximum Gasteiger partial charge on any atom is 0.315 e. The number of hydrogen-bond acceptors (Lipinski definition) is 5. The number of hydrogen-bond donors (Lipinski definition) is 2. The molecule has 1 aliphatic rings. The van der Waals surface area contributed by atoms with E-state index in [1.807, 2.05) is 22.8 Å². The first-order valence-corrected chi connectivity index (χ1v) is 10.5. The van der Waals surface area contributed by atoms with Crippen LogP contribution in [0.1, 0.15) is 17.8 Å². The highest BCUT2D eigenvalue weighted by Gasteiger charge is 2.27. The van der Waals surface area contributed by atoms with Gasteiger partial charge in [0.15, 0.2) is 15.7 Å². The molecule has 2 aromatic rings. The molecule has 3 rings (SSSR count). The van der Waals surface area contributed by atoms with E-state index in [1.165, 1.54) is 5.56 Å². The topological polar surface area (TPSA) is 106 Å². The van der Waals surface area contributed by atoms with Gasteiger partial charge >= 0.3 is 6.03 Å². The van der Waals surface area contributed by atoms with E-state index >= 15 is 0 Å². The summed E-state index contributed by atoms with van der Waals surface area (Å²) in [6, 6.07) is 9.80. The normalized spacial score (nSPS) is 18.5. The first-order valence-electron chi connectivity index (χ1n) is 8.64. The third kappa shape index (κ3) is 5.29. The van der Waals surface area contributed by atoms with E-state index < -0.39 is 9.84 Å². The summed E-state index contributed by atoms with van der Waals surface area (Å²) in [5.74, 6) is 1.05. The van der Waals surface area contributed by atoms with Crippen LogP contribution in [0.4, 0.5) is 4.79 Å². The van der Waals surface area contributed by atoms with Crippen LogP contribution in [-0.2, 0) is 29.3 Å². The van der Waals surface area contributed by atoms with Crippen molar-refractivity contribution in [2.45, 2.75) is 25.9 Å². The van der Waals surface area contributed by atoms with Gasteiger partial charge in [0.1, 0.15) is 6.33 Å². The van der Waals surface area contributed by atoms with E-state index in [9.17, 15) is 13.2 Å². The SMILES string of the molecule is O=C(NCc1nncn1CCc1ccccc1)NCC1CCS(=O)(=O)C1. The smallest absolute Gasteiger partial charge is 0.315 e. The highest BCUT2D eigenvalue weighted by Crippen LogP contribution is 2.17. The van der Waals surface area contributed by atoms with Crippen molar-refractivity contribution >= 4 is 15.9 Å². The zero-order valence-electron chi connectivity index (χ0n) is 14.5. The molecule has 1 aromatic carbocycles. The van der Waals surface area contributed by atoms with Crippen LogP contribution in [0.3, 0.4) is 0 Å². The standard InChI is InChI=1S/C17H23N5O3S/c23-17(18-10-15-7-9-26(24,25)12-15)19-11-16-21-20-13-22(16)8-6-14-4-2-1-3-5-14/h1-5,13,15H,6-12H2,(H2,18,19,23). The minimum absolute atomic E-state index is 0.000255. The number of nitrogens with zero attached hydrogens (tertiary/aromatic N) is 3. The largest absolute Gasteiger partial charge is 0.338 e. The fourth-order valence-electron chi connectivity index (χ4n) is 2.99. The number of rotatable bonds is 7. The van der Waals surface area contributed by atoms with Gasteiger partial charge in [-0.2, -0.15) is 0 Å². The van der Waals surface area contributed by atoms with Crippen LogP contribution < -0.4 is 10.6 Å². The molecule has 0 spiro atoms. The summed E-state index contributed by atoms with van der Waals surface area (Å²) in [5.41, 5.74) is 1.23. The van der Waals surface area contributed by atoms with Crippen LogP contribution >= 0.6 is 0 Å². The quantitative estimate of drug-likeness (QED) is 0.741. The van der Waals surface area contributed by atoms with Crippen molar-refractivity contribution in [2.75, 3.05) is 18.1 Å². The van der Waals surface area contributed by atoms with Gasteiger partial charge in [0.05, 0.1) is 18.1 Å². The molecule has 8 nitrogen and oxygen atoms in total. The maximum absolute atomic E-state index is 11.9. The van der Waals surface area contributed by atoms with Gasteiger partial charge in [-0.05, 0) is 24.3 Å². The lowest BCUT2D eigenvalue weighted by Gasteiger charge is -2.11. The van der Waals surface area contributed by atoms with Crippen LogP contribution in [0.5, 0.6) is 0 Å². The van der Waals surface area contributed by atoms with E-state index in [0.29, 0.717) is 18.8 Å². The number of urea groups is 1. The number of benzene rings is 1. The molecule has 26 heavy (non-hydrogen) atoms. The average Bonchev–Trinajstić information content (AvgIpc) is 3.22. The number of aromatic nitrogens is 3. The highest BCUT2D eigenvalue weighted by molar-refractivity contribution is 7.91. The molecule has 0 bridgehead atoms. The molecule has 1 saturated heterocycles. The zero-order chi connectivity index (χ0) is 18.4. The summed E-state index contributed by atoms with van der Waals surface area (Å²) >= 11 is 0. The van der Waals surface area contributed by atoms with Crippen molar-refractivity contribution in [3.05, 3.63) is 48.0 Å². The molecule has 140 valence electrons. The minimum atomic E-state index is -2.92. The van der Waals surface area contributed by atoms with Gasteiger partial charge in [-0.3, -0.25) is 0 Å². The molecular weight excluding hydrogens is 354 g/mol. The molecule has 1 fully saturated rings. The van der Waals surface area contributed by atoms with Gasteiger partial charge in [-0.1, -0.05) is 30.3 Å². The molecule has 1 unspecified atom stereocenters. The predicted molar refractivity (Wildman–Crippen MR) is 97.2 cm³/mol. The molecule has 1 aliphatic heterocycles. The summed E-state index contributed by atoms with van der Waals surface area (Å²) < 4.78 is 24.8. The summed E-state index contributed by atoms with van der Waals surface area (Å²) in [4.78, 5) is 11.9. The Morgan fingerprint density at radius 3 is 2.77 bits per heavy atom. The Hall–Kier alpha value is -2.42. The lowest BCUT2D eigenvalue weighted by atomic mass is 10.1. The van der Waals surface area contributed by atoms with Crippen LogP contribution in [0.25, 0.3) is 0 Å². The first kappa shape index (κ1) is 18.4. The molecule has 9 heteroatoms. The Morgan fingerprint density at radius 2 is 2.04 bits per heavy atom. The van der Waals surface area contributed by atoms with Gasteiger partial charge in [0, 0.05) is 13.1 Å². The Kier molecular flexibility index (Phi) is 5.87. The van der Waals surface area contributed by atoms with E-state index in [-0.39, 0.29) is 30.0 Å². The van der Waals surface area contributed by atoms with E-state index in [2.05, 4.69) is 33.0 Å². The second kappa shape index (κ2) is 8.31. The molecule has 2 heterocycles. The van der Waals surface area contributed by atoms with Crippen molar-refractivity contribution in [1.29, 1.82) is 0 Å². The Balaban J connectivity index is 1.42. The monoisotopic (exact) mass is 377 g/mol. The van der Waals surface area contributed by atoms with Gasteiger partial charge < -0.3 is 15.2 Å². The number of amides is 2. The first-order chi connectivity index (χ1) is 12.5. The summed E-state index contributed by atoms with van der Waals surface area (Å²) in [5, 5.41) is 13.4. The number of aryl methyl sites for hydroxylation is 2. The Morgan fingerprint density at radius 1 is 1.23 bits per heavy atom. The third-order valence-electron chi connectivity index (χ3n) is 4.47. The molecule has 1 aromatic heterocycles. The van der Waals surface area contributed by atoms with Crippen molar-refractivity contribution < 1.29 is 13.2 Å². The number of carbonyl (C=O) groups excluding carboxylic acids is 1. The molecule has 0 radical (unpaired) electrons. The number of nitrogens with one attached hydrogen (secondary N) is 2. The number of carbonyl (C=O) groups is 1. The lowest BCUT2D eigenvalue weighted by Crippen LogP contribution is -2.38. The fourth-order valence-corrected chi connectivity index (χ4v) is 4.85. The van der Waals surface area contributed by atoms with Gasteiger partial charge in [-0.25, -0.2) is 13.2 Å². The van der Waals surface area contributed by atoms with Crippen LogP contribution in [0.2, 0.25) is 0 Å². The molecule has 0 aliphatic carbocycles. The minimum Gasteiger partial charge on any atom is -0.338 e. The van der Waals surface area contributed by atoms with Gasteiger partial charge in [-0.15, -0.1) is 10.2 Å². The van der Waals surface area contributed by atoms with Gasteiger partial charge in [0.2, 0.25) is 0 Å². The molecular formula is C17H23N5O3S. The number of sulfone groups is 1. The average molecular weight is 377 g/mol. The molecule has 0 saturated carbocycles. The van der Waals surface area contributed by atoms with E-state index in [1.54, 1.807) is 6.33 Å². The Bertz CT molecular complexity index is 835. The van der Waals surface area contributed by atoms with Crippen LogP contribution in [-0.4, -0.2) is 47.3 Å². The van der Waals surface area contributed by atoms with Crippen molar-refractivity contribution in [3.8, 4) is 0 Å². The molecule has 2 amide bonds.